The molecular weight excluding hydrogens is 477 g/mol. The van der Waals surface area contributed by atoms with Gasteiger partial charge in [0.25, 0.3) is 5.91 Å². The fraction of sp³-hybridized carbons (Fsp3) is 0.200. The second-order valence-corrected chi connectivity index (χ2v) is 7.52. The van der Waals surface area contributed by atoms with Crippen molar-refractivity contribution in [2.45, 2.75) is 19.3 Å². The van der Waals surface area contributed by atoms with Gasteiger partial charge in [0.1, 0.15) is 11.5 Å². The van der Waals surface area contributed by atoms with E-state index in [1.807, 2.05) is 0 Å². The molecule has 36 heavy (non-hydrogen) atoms. The average molecular weight is 502 g/mol. The first-order chi connectivity index (χ1) is 17.1. The Labute approximate surface area is 205 Å². The molecule has 0 saturated carbocycles. The molecule has 8 nitrogen and oxygen atoms in total. The number of hydrogen-bond acceptors (Lipinski definition) is 7. The normalized spacial score (nSPS) is 11.5. The van der Waals surface area contributed by atoms with E-state index in [1.165, 1.54) is 19.2 Å². The van der Waals surface area contributed by atoms with Crippen LogP contribution < -0.4 is 26.3 Å². The van der Waals surface area contributed by atoms with Crippen molar-refractivity contribution in [2.75, 3.05) is 20.0 Å². The molecule has 3 rings (SSSR count). The van der Waals surface area contributed by atoms with Gasteiger partial charge in [-0.1, -0.05) is 24.8 Å². The molecule has 3 aromatic rings. The van der Waals surface area contributed by atoms with E-state index in [1.54, 1.807) is 31.4 Å². The van der Waals surface area contributed by atoms with Crippen LogP contribution in [0.4, 0.5) is 18.9 Å². The summed E-state index contributed by atoms with van der Waals surface area (Å²) in [7, 11) is 2.92. The second-order valence-electron chi connectivity index (χ2n) is 7.52. The number of oxazole rings is 1. The van der Waals surface area contributed by atoms with Gasteiger partial charge >= 0.3 is 6.18 Å². The summed E-state index contributed by atoms with van der Waals surface area (Å²) in [5.74, 6) is 0.432. The van der Waals surface area contributed by atoms with Crippen LogP contribution in [0.3, 0.4) is 0 Å². The third kappa shape index (κ3) is 5.87. The van der Waals surface area contributed by atoms with Gasteiger partial charge in [-0.05, 0) is 35.9 Å². The Balaban J connectivity index is 1.94. The molecule has 0 spiro atoms. The number of anilines is 1. The van der Waals surface area contributed by atoms with Gasteiger partial charge < -0.3 is 30.7 Å². The van der Waals surface area contributed by atoms with Crippen LogP contribution in [-0.4, -0.2) is 31.3 Å². The van der Waals surface area contributed by atoms with E-state index in [0.29, 0.717) is 5.75 Å². The monoisotopic (exact) mass is 502 g/mol. The van der Waals surface area contributed by atoms with Crippen LogP contribution in [0.15, 0.2) is 59.0 Å². The zero-order chi connectivity index (χ0) is 26.5. The number of nitrogens with zero attached hydrogens (tertiary/aromatic N) is 1. The Morgan fingerprint density at radius 3 is 2.44 bits per heavy atom. The van der Waals surface area contributed by atoms with E-state index in [2.05, 4.69) is 16.9 Å². The number of nitrogen functional groups attached to an aromatic ring is 1. The Bertz CT molecular complexity index is 1280. The predicted molar refractivity (Wildman–Crippen MR) is 129 cm³/mol. The fourth-order valence-electron chi connectivity index (χ4n) is 3.23. The number of amides is 1. The lowest BCUT2D eigenvalue weighted by Crippen LogP contribution is -2.24. The third-order valence-electron chi connectivity index (χ3n) is 5.22. The Hall–Kier alpha value is -4.25. The molecule has 5 N–H and O–H groups in total. The molecule has 190 valence electrons. The molecule has 2 aromatic carbocycles. The number of benzene rings is 2. The van der Waals surface area contributed by atoms with Crippen molar-refractivity contribution >= 4 is 17.7 Å². The molecule has 0 radical (unpaired) electrons. The highest BCUT2D eigenvalue weighted by Gasteiger charge is 2.30. The number of halogens is 3. The highest BCUT2D eigenvalue weighted by molar-refractivity contribution is 5.94. The molecule has 0 aliphatic rings. The fourth-order valence-corrected chi connectivity index (χ4v) is 3.23. The van der Waals surface area contributed by atoms with Gasteiger partial charge in [0.2, 0.25) is 5.89 Å². The number of nitrogens with one attached hydrogen (secondary N) is 1. The summed E-state index contributed by atoms with van der Waals surface area (Å²) in [5.41, 5.74) is 12.0. The lowest BCUT2D eigenvalue weighted by atomic mass is 10.0. The van der Waals surface area contributed by atoms with Gasteiger partial charge in [-0.15, -0.1) is 0 Å². The van der Waals surface area contributed by atoms with Crippen molar-refractivity contribution in [3.63, 3.8) is 0 Å². The molecule has 0 fully saturated rings. The van der Waals surface area contributed by atoms with E-state index >= 15 is 0 Å². The first-order valence-electron chi connectivity index (χ1n) is 10.6. The first-order valence-corrected chi connectivity index (χ1v) is 10.6. The Morgan fingerprint density at radius 2 is 1.86 bits per heavy atom. The van der Waals surface area contributed by atoms with Gasteiger partial charge in [-0.3, -0.25) is 4.79 Å². The van der Waals surface area contributed by atoms with E-state index in [4.69, 9.17) is 25.4 Å². The number of alkyl halides is 3. The van der Waals surface area contributed by atoms with Gasteiger partial charge in [-0.25, -0.2) is 4.98 Å². The van der Waals surface area contributed by atoms with E-state index in [0.717, 1.165) is 17.7 Å². The number of allylic oxidation sites excluding steroid dienone is 2. The van der Waals surface area contributed by atoms with Crippen LogP contribution in [0.25, 0.3) is 17.5 Å². The number of methoxy groups -OCH3 is 2. The lowest BCUT2D eigenvalue weighted by Gasteiger charge is -2.11. The molecule has 0 aliphatic carbocycles. The summed E-state index contributed by atoms with van der Waals surface area (Å²) in [6.07, 6.45) is -2.70. The first kappa shape index (κ1) is 26.4. The minimum atomic E-state index is -4.62. The van der Waals surface area contributed by atoms with Gasteiger partial charge in [-0.2, -0.15) is 13.2 Å². The van der Waals surface area contributed by atoms with Crippen LogP contribution in [0.5, 0.6) is 11.5 Å². The summed E-state index contributed by atoms with van der Waals surface area (Å²) < 4.78 is 54.8. The zero-order valence-electron chi connectivity index (χ0n) is 19.6. The summed E-state index contributed by atoms with van der Waals surface area (Å²) in [4.78, 5) is 17.1. The van der Waals surface area contributed by atoms with Crippen LogP contribution in [0, 0.1) is 0 Å². The summed E-state index contributed by atoms with van der Waals surface area (Å²) >= 11 is 0. The minimum absolute atomic E-state index is 0.0447. The minimum Gasteiger partial charge on any atom is -0.497 e. The van der Waals surface area contributed by atoms with E-state index < -0.39 is 17.7 Å². The molecule has 0 bridgehead atoms. The number of nitrogens with two attached hydrogens (primary N) is 2. The zero-order valence-corrected chi connectivity index (χ0v) is 19.6. The maximum Gasteiger partial charge on any atom is 0.415 e. The molecule has 1 amide bonds. The Kier molecular flexibility index (Phi) is 8.05. The summed E-state index contributed by atoms with van der Waals surface area (Å²) in [5, 5.41) is 2.74. The molecule has 0 atom stereocenters. The molecule has 0 unspecified atom stereocenters. The standard InChI is InChI=1S/C25H25F3N4O4/c1-14(25(26,27)28)4-9-17-18(10-11-19(35-3)21(17)30)24-32-22(20(12-29)36-24)23(33)31-13-15-5-7-16(34-2)8-6-15/h4-11H,1,12-13,29-30H2,2-3H3,(H,31,33)/b9-4-. The van der Waals surface area contributed by atoms with Crippen LogP contribution in [0.1, 0.15) is 27.4 Å². The average Bonchev–Trinajstić information content (AvgIpc) is 3.30. The van der Waals surface area contributed by atoms with Crippen molar-refractivity contribution in [2.24, 2.45) is 5.73 Å². The number of aromatic nitrogens is 1. The highest BCUT2D eigenvalue weighted by atomic mass is 19.4. The van der Waals surface area contributed by atoms with Gasteiger partial charge in [0.15, 0.2) is 11.5 Å². The second kappa shape index (κ2) is 11.0. The lowest BCUT2D eigenvalue weighted by molar-refractivity contribution is -0.0877. The van der Waals surface area contributed by atoms with E-state index in [9.17, 15) is 18.0 Å². The number of rotatable bonds is 9. The maximum absolute atomic E-state index is 12.9. The SMILES string of the molecule is C=C(/C=C\c1c(-c2nc(C(=O)NCc3ccc(OC)cc3)c(CN)o2)ccc(OC)c1N)C(F)(F)F. The Morgan fingerprint density at radius 1 is 1.17 bits per heavy atom. The van der Waals surface area contributed by atoms with Gasteiger partial charge in [0.05, 0.1) is 26.5 Å². The number of ether oxygens (including phenoxy) is 2. The summed E-state index contributed by atoms with van der Waals surface area (Å²) in [6, 6.07) is 10.1. The van der Waals surface area contributed by atoms with Crippen LogP contribution in [-0.2, 0) is 13.1 Å². The summed E-state index contributed by atoms with van der Waals surface area (Å²) in [6.45, 7) is 3.09. The highest BCUT2D eigenvalue weighted by Crippen LogP contribution is 2.36. The van der Waals surface area contributed by atoms with Crippen LogP contribution in [0.2, 0.25) is 0 Å². The molecular formula is C25H25F3N4O4. The molecule has 1 heterocycles. The molecule has 1 aromatic heterocycles. The van der Waals surface area contributed by atoms with Gasteiger partial charge in [0, 0.05) is 23.2 Å². The topological polar surface area (TPSA) is 126 Å². The number of carbonyl (C=O) groups excluding carboxylic acids is 1. The number of carbonyl (C=O) groups is 1. The van der Waals surface area contributed by atoms with Crippen molar-refractivity contribution in [1.82, 2.24) is 10.3 Å². The largest absolute Gasteiger partial charge is 0.497 e. The van der Waals surface area contributed by atoms with E-state index in [-0.39, 0.29) is 53.0 Å². The smallest absolute Gasteiger partial charge is 0.415 e. The maximum atomic E-state index is 12.9. The van der Waals surface area contributed by atoms with Crippen LogP contribution >= 0.6 is 0 Å². The number of hydrogen-bond donors (Lipinski definition) is 3. The predicted octanol–water partition coefficient (Wildman–Crippen LogP) is 4.46. The van der Waals surface area contributed by atoms with Crippen molar-refractivity contribution in [1.29, 1.82) is 0 Å². The molecule has 0 aliphatic heterocycles. The molecule has 11 heteroatoms. The third-order valence-corrected chi connectivity index (χ3v) is 5.22. The quantitative estimate of drug-likeness (QED) is 0.291. The van der Waals surface area contributed by atoms with Crippen molar-refractivity contribution < 1.29 is 31.9 Å². The van der Waals surface area contributed by atoms with Crippen molar-refractivity contribution in [3.05, 3.63) is 77.2 Å². The molecule has 0 saturated heterocycles. The van der Waals surface area contributed by atoms with Crippen molar-refractivity contribution in [3.8, 4) is 23.0 Å².